The van der Waals surface area contributed by atoms with Crippen molar-refractivity contribution in [2.75, 3.05) is 26.2 Å². The van der Waals surface area contributed by atoms with E-state index in [1.165, 1.54) is 12.8 Å². The van der Waals surface area contributed by atoms with Crippen LogP contribution in [-0.4, -0.2) is 37.1 Å². The van der Waals surface area contributed by atoms with Crippen molar-refractivity contribution in [1.29, 1.82) is 0 Å². The van der Waals surface area contributed by atoms with Crippen LogP contribution in [-0.2, 0) is 0 Å². The third kappa shape index (κ3) is 4.76. The number of piperidine rings is 1. The maximum Gasteiger partial charge on any atom is 0.191 e. The molecule has 0 bridgehead atoms. The first-order valence-corrected chi connectivity index (χ1v) is 7.48. The summed E-state index contributed by atoms with van der Waals surface area (Å²) in [6.07, 6.45) is 3.32. The number of guanidine groups is 1. The standard InChI is InChI=1S/C16H25N3O/c1-14-8-11-19(12-9-14)16(17)18-10-5-13-20-15-6-3-2-4-7-15/h2-4,6-7,14H,5,8-13H2,1H3,(H2,17,18). The molecule has 4 nitrogen and oxygen atoms in total. The summed E-state index contributed by atoms with van der Waals surface area (Å²) in [4.78, 5) is 6.64. The van der Waals surface area contributed by atoms with Gasteiger partial charge in [0.15, 0.2) is 5.96 Å². The molecule has 1 saturated heterocycles. The Kier molecular flexibility index (Phi) is 5.71. The Morgan fingerprint density at radius 2 is 2.00 bits per heavy atom. The van der Waals surface area contributed by atoms with Gasteiger partial charge in [0, 0.05) is 26.1 Å². The van der Waals surface area contributed by atoms with Gasteiger partial charge in [-0.15, -0.1) is 0 Å². The molecule has 2 N–H and O–H groups in total. The summed E-state index contributed by atoms with van der Waals surface area (Å²) in [5, 5.41) is 0. The maximum atomic E-state index is 6.02. The van der Waals surface area contributed by atoms with Crippen LogP contribution in [0.3, 0.4) is 0 Å². The van der Waals surface area contributed by atoms with E-state index in [1.807, 2.05) is 30.3 Å². The van der Waals surface area contributed by atoms with Crippen molar-refractivity contribution >= 4 is 5.96 Å². The minimum atomic E-state index is 0.678. The van der Waals surface area contributed by atoms with Crippen LogP contribution in [0.4, 0.5) is 0 Å². The number of nitrogens with two attached hydrogens (primary N) is 1. The van der Waals surface area contributed by atoms with Crippen molar-refractivity contribution in [3.05, 3.63) is 30.3 Å². The summed E-state index contributed by atoms with van der Waals surface area (Å²) in [7, 11) is 0. The lowest BCUT2D eigenvalue weighted by Gasteiger charge is -2.31. The molecule has 1 aliphatic rings. The average molecular weight is 275 g/mol. The molecule has 0 spiro atoms. The molecule has 1 aromatic carbocycles. The number of rotatable bonds is 5. The van der Waals surface area contributed by atoms with Crippen molar-refractivity contribution in [2.45, 2.75) is 26.2 Å². The molecule has 0 radical (unpaired) electrons. The maximum absolute atomic E-state index is 6.02. The fourth-order valence-corrected chi connectivity index (χ4v) is 2.30. The molecule has 1 aliphatic heterocycles. The summed E-state index contributed by atoms with van der Waals surface area (Å²) in [5.41, 5.74) is 6.02. The van der Waals surface area contributed by atoms with Gasteiger partial charge < -0.3 is 15.4 Å². The first-order valence-electron chi connectivity index (χ1n) is 7.48. The first kappa shape index (κ1) is 14.7. The number of hydrogen-bond donors (Lipinski definition) is 1. The van der Waals surface area contributed by atoms with E-state index in [9.17, 15) is 0 Å². The fourth-order valence-electron chi connectivity index (χ4n) is 2.30. The van der Waals surface area contributed by atoms with Gasteiger partial charge in [-0.2, -0.15) is 0 Å². The number of para-hydroxylation sites is 1. The van der Waals surface area contributed by atoms with Crippen LogP contribution in [0.5, 0.6) is 5.75 Å². The quantitative estimate of drug-likeness (QED) is 0.510. The molecule has 1 fully saturated rings. The Hall–Kier alpha value is -1.71. The third-order valence-corrected chi connectivity index (χ3v) is 3.70. The van der Waals surface area contributed by atoms with Gasteiger partial charge in [0.25, 0.3) is 0 Å². The second kappa shape index (κ2) is 7.78. The van der Waals surface area contributed by atoms with Gasteiger partial charge in [-0.1, -0.05) is 25.1 Å². The SMILES string of the molecule is CC1CCN(C(N)=NCCCOc2ccccc2)CC1. The molecule has 2 rings (SSSR count). The molecule has 0 saturated carbocycles. The Balaban J connectivity index is 1.63. The molecule has 20 heavy (non-hydrogen) atoms. The summed E-state index contributed by atoms with van der Waals surface area (Å²) >= 11 is 0. The summed E-state index contributed by atoms with van der Waals surface area (Å²) in [5.74, 6) is 2.42. The van der Waals surface area contributed by atoms with Gasteiger partial charge >= 0.3 is 0 Å². The fraction of sp³-hybridized carbons (Fsp3) is 0.562. The van der Waals surface area contributed by atoms with Gasteiger partial charge in [0.1, 0.15) is 5.75 Å². The van der Waals surface area contributed by atoms with Gasteiger partial charge in [0.05, 0.1) is 6.61 Å². The van der Waals surface area contributed by atoms with Crippen LogP contribution in [0.1, 0.15) is 26.2 Å². The molecular weight excluding hydrogens is 250 g/mol. The zero-order valence-corrected chi connectivity index (χ0v) is 12.3. The predicted molar refractivity (Wildman–Crippen MR) is 83.0 cm³/mol. The molecule has 0 aliphatic carbocycles. The van der Waals surface area contributed by atoms with E-state index in [0.717, 1.165) is 37.7 Å². The molecule has 1 heterocycles. The van der Waals surface area contributed by atoms with Gasteiger partial charge in [-0.25, -0.2) is 0 Å². The van der Waals surface area contributed by atoms with E-state index in [0.29, 0.717) is 12.6 Å². The first-order chi connectivity index (χ1) is 9.75. The van der Waals surface area contributed by atoms with E-state index in [2.05, 4.69) is 16.8 Å². The third-order valence-electron chi connectivity index (χ3n) is 3.70. The molecule has 0 unspecified atom stereocenters. The monoisotopic (exact) mass is 275 g/mol. The minimum absolute atomic E-state index is 0.678. The summed E-state index contributed by atoms with van der Waals surface area (Å²) < 4.78 is 5.62. The zero-order valence-electron chi connectivity index (χ0n) is 12.3. The highest BCUT2D eigenvalue weighted by molar-refractivity contribution is 5.78. The molecule has 4 heteroatoms. The smallest absolute Gasteiger partial charge is 0.191 e. The number of benzene rings is 1. The van der Waals surface area contributed by atoms with Gasteiger partial charge in [-0.3, -0.25) is 4.99 Å². The van der Waals surface area contributed by atoms with Crippen molar-refractivity contribution in [3.63, 3.8) is 0 Å². The highest BCUT2D eigenvalue weighted by Crippen LogP contribution is 2.15. The van der Waals surface area contributed by atoms with Gasteiger partial charge in [0.2, 0.25) is 0 Å². The van der Waals surface area contributed by atoms with Crippen LogP contribution >= 0.6 is 0 Å². The highest BCUT2D eigenvalue weighted by Gasteiger charge is 2.16. The second-order valence-electron chi connectivity index (χ2n) is 5.42. The Morgan fingerprint density at radius 1 is 1.30 bits per heavy atom. The van der Waals surface area contributed by atoms with E-state index < -0.39 is 0 Å². The largest absolute Gasteiger partial charge is 0.494 e. The van der Waals surface area contributed by atoms with E-state index >= 15 is 0 Å². The van der Waals surface area contributed by atoms with Crippen LogP contribution in [0.15, 0.2) is 35.3 Å². The second-order valence-corrected chi connectivity index (χ2v) is 5.42. The average Bonchev–Trinajstić information content (AvgIpc) is 2.48. The zero-order chi connectivity index (χ0) is 14.2. The predicted octanol–water partition coefficient (Wildman–Crippen LogP) is 2.50. The molecule has 1 aromatic rings. The molecule has 0 atom stereocenters. The van der Waals surface area contributed by atoms with Crippen LogP contribution < -0.4 is 10.5 Å². The topological polar surface area (TPSA) is 50.8 Å². The van der Waals surface area contributed by atoms with Crippen LogP contribution in [0.2, 0.25) is 0 Å². The Morgan fingerprint density at radius 3 is 2.70 bits per heavy atom. The number of aliphatic imine (C=N–C) groups is 1. The number of ether oxygens (including phenoxy) is 1. The van der Waals surface area contributed by atoms with Crippen molar-refractivity contribution in [3.8, 4) is 5.75 Å². The Bertz CT molecular complexity index is 411. The van der Waals surface area contributed by atoms with E-state index in [1.54, 1.807) is 0 Å². The number of hydrogen-bond acceptors (Lipinski definition) is 2. The van der Waals surface area contributed by atoms with Crippen molar-refractivity contribution < 1.29 is 4.74 Å². The number of nitrogens with zero attached hydrogens (tertiary/aromatic N) is 2. The van der Waals surface area contributed by atoms with E-state index in [4.69, 9.17) is 10.5 Å². The lowest BCUT2D eigenvalue weighted by atomic mass is 10.00. The van der Waals surface area contributed by atoms with E-state index in [-0.39, 0.29) is 0 Å². The van der Waals surface area contributed by atoms with Crippen molar-refractivity contribution in [1.82, 2.24) is 4.90 Å². The molecule has 0 aromatic heterocycles. The molecular formula is C16H25N3O. The highest BCUT2D eigenvalue weighted by atomic mass is 16.5. The minimum Gasteiger partial charge on any atom is -0.494 e. The van der Waals surface area contributed by atoms with Crippen molar-refractivity contribution in [2.24, 2.45) is 16.6 Å². The molecule has 110 valence electrons. The van der Waals surface area contributed by atoms with Crippen LogP contribution in [0, 0.1) is 5.92 Å². The summed E-state index contributed by atoms with van der Waals surface area (Å²) in [6.45, 7) is 5.78. The number of likely N-dealkylation sites (tertiary alicyclic amines) is 1. The Labute approximate surface area is 121 Å². The summed E-state index contributed by atoms with van der Waals surface area (Å²) in [6, 6.07) is 9.86. The normalized spacial score (nSPS) is 17.2. The lowest BCUT2D eigenvalue weighted by Crippen LogP contribution is -2.42. The lowest BCUT2D eigenvalue weighted by molar-refractivity contribution is 0.277. The van der Waals surface area contributed by atoms with Gasteiger partial charge in [-0.05, 0) is 30.9 Å². The van der Waals surface area contributed by atoms with Crippen LogP contribution in [0.25, 0.3) is 0 Å². The molecule has 0 amide bonds.